The first kappa shape index (κ1) is 18.2. The molecule has 2 aliphatic rings. The van der Waals surface area contributed by atoms with Crippen LogP contribution >= 0.6 is 0 Å². The van der Waals surface area contributed by atoms with Crippen LogP contribution in [0.2, 0.25) is 0 Å². The molecule has 2 fully saturated rings. The molecule has 2 aromatic rings. The number of likely N-dealkylation sites (N-methyl/N-ethyl adjacent to an activating group) is 1. The third-order valence-electron chi connectivity index (χ3n) is 5.68. The van der Waals surface area contributed by atoms with Crippen LogP contribution in [-0.2, 0) is 11.3 Å². The number of rotatable bonds is 3. The fourth-order valence-electron chi connectivity index (χ4n) is 4.08. The van der Waals surface area contributed by atoms with Gasteiger partial charge in [0.05, 0.1) is 0 Å². The molecule has 4 amide bonds. The van der Waals surface area contributed by atoms with Crippen LogP contribution in [0.25, 0.3) is 0 Å². The Kier molecular flexibility index (Phi) is 4.58. The monoisotopic (exact) mass is 378 g/mol. The number of amides is 4. The molecule has 0 radical (unpaired) electrons. The number of carbonyl (C=O) groups excluding carboxylic acids is 3. The fraction of sp³-hybridized carbons (Fsp3) is 0.333. The van der Waals surface area contributed by atoms with E-state index in [9.17, 15) is 14.4 Å². The normalized spacial score (nSPS) is 18.8. The maximum atomic E-state index is 13.0. The summed E-state index contributed by atoms with van der Waals surface area (Å²) in [4.78, 5) is 47.1. The minimum Gasteiger partial charge on any atom is -0.337 e. The van der Waals surface area contributed by atoms with Gasteiger partial charge < -0.3 is 9.80 Å². The lowest BCUT2D eigenvalue weighted by Crippen LogP contribution is -2.57. The molecule has 1 spiro atoms. The van der Waals surface area contributed by atoms with E-state index >= 15 is 0 Å². The molecule has 7 heteroatoms. The van der Waals surface area contributed by atoms with Crippen LogP contribution in [0, 0.1) is 0 Å². The van der Waals surface area contributed by atoms with Crippen molar-refractivity contribution in [1.82, 2.24) is 19.7 Å². The van der Waals surface area contributed by atoms with Gasteiger partial charge in [-0.3, -0.25) is 19.5 Å². The van der Waals surface area contributed by atoms with Crippen molar-refractivity contribution in [2.24, 2.45) is 0 Å². The van der Waals surface area contributed by atoms with Gasteiger partial charge in [0.25, 0.3) is 11.8 Å². The van der Waals surface area contributed by atoms with Crippen molar-refractivity contribution in [2.45, 2.75) is 24.9 Å². The van der Waals surface area contributed by atoms with E-state index in [1.807, 2.05) is 30.3 Å². The highest BCUT2D eigenvalue weighted by Crippen LogP contribution is 2.38. The number of nitrogens with zero attached hydrogens (tertiary/aromatic N) is 4. The topological polar surface area (TPSA) is 73.8 Å². The number of piperidine rings is 1. The number of imide groups is 1. The maximum Gasteiger partial charge on any atom is 0.327 e. The molecule has 3 heterocycles. The van der Waals surface area contributed by atoms with E-state index in [1.54, 1.807) is 34.2 Å². The van der Waals surface area contributed by atoms with Gasteiger partial charge in [-0.25, -0.2) is 4.79 Å². The van der Waals surface area contributed by atoms with Crippen LogP contribution in [-0.4, -0.2) is 63.2 Å². The molecule has 0 unspecified atom stereocenters. The lowest BCUT2D eigenvalue weighted by Gasteiger charge is -2.42. The molecule has 144 valence electrons. The number of urea groups is 1. The molecule has 0 saturated carbocycles. The summed E-state index contributed by atoms with van der Waals surface area (Å²) in [5.74, 6) is -0.325. The van der Waals surface area contributed by atoms with E-state index in [0.29, 0.717) is 38.2 Å². The average Bonchev–Trinajstić information content (AvgIpc) is 2.91. The van der Waals surface area contributed by atoms with Crippen molar-refractivity contribution in [3.8, 4) is 0 Å². The minimum atomic E-state index is -0.886. The largest absolute Gasteiger partial charge is 0.337 e. The maximum absolute atomic E-state index is 13.0. The molecule has 4 rings (SSSR count). The molecular formula is C21H22N4O3. The molecule has 0 atom stereocenters. The number of pyridine rings is 1. The molecule has 1 aromatic heterocycles. The molecular weight excluding hydrogens is 356 g/mol. The zero-order valence-corrected chi connectivity index (χ0v) is 15.7. The van der Waals surface area contributed by atoms with Gasteiger partial charge in [-0.1, -0.05) is 36.4 Å². The number of aromatic nitrogens is 1. The van der Waals surface area contributed by atoms with Gasteiger partial charge in [0.1, 0.15) is 11.2 Å². The Morgan fingerprint density at radius 3 is 2.36 bits per heavy atom. The Balaban J connectivity index is 1.55. The van der Waals surface area contributed by atoms with Gasteiger partial charge in [0, 0.05) is 32.9 Å². The Bertz CT molecular complexity index is 892. The molecule has 7 nitrogen and oxygen atoms in total. The van der Waals surface area contributed by atoms with Crippen molar-refractivity contribution in [3.05, 3.63) is 66.0 Å². The summed E-state index contributed by atoms with van der Waals surface area (Å²) < 4.78 is 0. The lowest BCUT2D eigenvalue weighted by molar-refractivity contribution is -0.134. The summed E-state index contributed by atoms with van der Waals surface area (Å²) in [6.07, 6.45) is 2.44. The van der Waals surface area contributed by atoms with Crippen LogP contribution < -0.4 is 0 Å². The third kappa shape index (κ3) is 2.93. The summed E-state index contributed by atoms with van der Waals surface area (Å²) in [6.45, 7) is 1.20. The number of benzene rings is 1. The van der Waals surface area contributed by atoms with E-state index in [0.717, 1.165) is 5.56 Å². The summed E-state index contributed by atoms with van der Waals surface area (Å²) in [6, 6.07) is 14.6. The van der Waals surface area contributed by atoms with Crippen LogP contribution in [0.4, 0.5) is 4.79 Å². The molecule has 2 saturated heterocycles. The van der Waals surface area contributed by atoms with E-state index in [2.05, 4.69) is 4.98 Å². The molecule has 0 aliphatic carbocycles. The lowest BCUT2D eigenvalue weighted by atomic mass is 9.85. The first-order valence-corrected chi connectivity index (χ1v) is 9.37. The van der Waals surface area contributed by atoms with E-state index in [-0.39, 0.29) is 17.8 Å². The van der Waals surface area contributed by atoms with Gasteiger partial charge in [0.15, 0.2) is 0 Å². The van der Waals surface area contributed by atoms with Crippen LogP contribution in [0.5, 0.6) is 0 Å². The number of carbonyl (C=O) groups is 3. The quantitative estimate of drug-likeness (QED) is 0.767. The van der Waals surface area contributed by atoms with Crippen molar-refractivity contribution in [3.63, 3.8) is 0 Å². The predicted molar refractivity (Wildman–Crippen MR) is 102 cm³/mol. The summed E-state index contributed by atoms with van der Waals surface area (Å²) in [7, 11) is 1.53. The molecule has 2 aliphatic heterocycles. The van der Waals surface area contributed by atoms with Crippen LogP contribution in [0.3, 0.4) is 0 Å². The number of hydrogen-bond acceptors (Lipinski definition) is 4. The van der Waals surface area contributed by atoms with Gasteiger partial charge in [0.2, 0.25) is 0 Å². The Morgan fingerprint density at radius 1 is 1.04 bits per heavy atom. The van der Waals surface area contributed by atoms with Crippen molar-refractivity contribution < 1.29 is 14.4 Å². The molecule has 0 N–H and O–H groups in total. The first-order valence-electron chi connectivity index (χ1n) is 9.37. The van der Waals surface area contributed by atoms with Gasteiger partial charge in [-0.2, -0.15) is 0 Å². The highest BCUT2D eigenvalue weighted by molar-refractivity contribution is 6.07. The second-order valence-electron chi connectivity index (χ2n) is 7.26. The molecule has 28 heavy (non-hydrogen) atoms. The highest BCUT2D eigenvalue weighted by atomic mass is 16.2. The second kappa shape index (κ2) is 7.07. The SMILES string of the molecule is CN1C(=O)N(Cc2ccccc2)C2(CCN(C(=O)c3ccccn3)CC2)C1=O. The zero-order chi connectivity index (χ0) is 19.7. The molecule has 0 bridgehead atoms. The van der Waals surface area contributed by atoms with Crippen molar-refractivity contribution in [1.29, 1.82) is 0 Å². The fourth-order valence-corrected chi connectivity index (χ4v) is 4.08. The van der Waals surface area contributed by atoms with Crippen molar-refractivity contribution >= 4 is 17.8 Å². The zero-order valence-electron chi connectivity index (χ0n) is 15.7. The van der Waals surface area contributed by atoms with Crippen molar-refractivity contribution in [2.75, 3.05) is 20.1 Å². The smallest absolute Gasteiger partial charge is 0.327 e. The minimum absolute atomic E-state index is 0.143. The Hall–Kier alpha value is -3.22. The third-order valence-corrected chi connectivity index (χ3v) is 5.68. The van der Waals surface area contributed by atoms with E-state index in [4.69, 9.17) is 0 Å². The van der Waals surface area contributed by atoms with E-state index in [1.165, 1.54) is 11.9 Å². The average molecular weight is 378 g/mol. The van der Waals surface area contributed by atoms with Gasteiger partial charge in [-0.05, 0) is 30.5 Å². The van der Waals surface area contributed by atoms with Crippen LogP contribution in [0.15, 0.2) is 54.7 Å². The Morgan fingerprint density at radius 2 is 1.71 bits per heavy atom. The Labute approximate surface area is 163 Å². The standard InChI is InChI=1S/C21H22N4O3/c1-23-19(27)21(25(20(23)28)15-16-7-3-2-4-8-16)10-13-24(14-11-21)18(26)17-9-5-6-12-22-17/h2-9,12H,10-11,13-15H2,1H3. The van der Waals surface area contributed by atoms with Crippen LogP contribution in [0.1, 0.15) is 28.9 Å². The predicted octanol–water partition coefficient (Wildman–Crippen LogP) is 2.15. The summed E-state index contributed by atoms with van der Waals surface area (Å²) >= 11 is 0. The summed E-state index contributed by atoms with van der Waals surface area (Å²) in [5, 5.41) is 0. The summed E-state index contributed by atoms with van der Waals surface area (Å²) in [5.41, 5.74) is 0.485. The van der Waals surface area contributed by atoms with Gasteiger partial charge in [-0.15, -0.1) is 0 Å². The number of hydrogen-bond donors (Lipinski definition) is 0. The second-order valence-corrected chi connectivity index (χ2v) is 7.26. The molecule has 1 aromatic carbocycles. The highest BCUT2D eigenvalue weighted by Gasteiger charge is 2.57. The van der Waals surface area contributed by atoms with Gasteiger partial charge >= 0.3 is 6.03 Å². The number of likely N-dealkylation sites (tertiary alicyclic amines) is 1. The first-order chi connectivity index (χ1) is 13.5. The van der Waals surface area contributed by atoms with E-state index < -0.39 is 5.54 Å².